The molecule has 0 saturated carbocycles. The van der Waals surface area contributed by atoms with Gasteiger partial charge in [-0.05, 0) is 55.8 Å². The lowest BCUT2D eigenvalue weighted by Crippen LogP contribution is -2.31. The van der Waals surface area contributed by atoms with Gasteiger partial charge < -0.3 is 25.4 Å². The summed E-state index contributed by atoms with van der Waals surface area (Å²) in [5.74, 6) is 1.09. The maximum absolute atomic E-state index is 12.4. The predicted molar refractivity (Wildman–Crippen MR) is 135 cm³/mol. The number of amides is 2. The van der Waals surface area contributed by atoms with Gasteiger partial charge in [0.25, 0.3) is 5.91 Å². The molecule has 0 aromatic heterocycles. The van der Waals surface area contributed by atoms with E-state index in [1.807, 2.05) is 62.4 Å². The Morgan fingerprint density at radius 1 is 0.824 bits per heavy atom. The number of carbonyl (C=O) groups excluding carboxylic acids is 2. The molecule has 7 nitrogen and oxygen atoms in total. The largest absolute Gasteiger partial charge is 0.490 e. The van der Waals surface area contributed by atoms with Crippen LogP contribution in [0.1, 0.15) is 30.6 Å². The van der Waals surface area contributed by atoms with Gasteiger partial charge in [0.2, 0.25) is 5.91 Å². The van der Waals surface area contributed by atoms with Crippen LogP contribution in [-0.2, 0) is 4.79 Å². The Hall–Kier alpha value is -4.00. The van der Waals surface area contributed by atoms with E-state index in [0.717, 1.165) is 12.2 Å². The van der Waals surface area contributed by atoms with Crippen LogP contribution < -0.4 is 25.4 Å². The summed E-state index contributed by atoms with van der Waals surface area (Å²) in [4.78, 5) is 24.7. The average molecular weight is 462 g/mol. The van der Waals surface area contributed by atoms with E-state index in [4.69, 9.17) is 9.47 Å². The average Bonchev–Trinajstić information content (AvgIpc) is 2.86. The highest BCUT2D eigenvalue weighted by Gasteiger charge is 2.10. The smallest absolute Gasteiger partial charge is 0.251 e. The van der Waals surface area contributed by atoms with Crippen LogP contribution in [0.5, 0.6) is 11.5 Å². The Morgan fingerprint density at radius 3 is 2.26 bits per heavy atom. The molecule has 1 atom stereocenters. The molecule has 1 unspecified atom stereocenters. The molecule has 3 aromatic carbocycles. The Balaban J connectivity index is 1.44. The van der Waals surface area contributed by atoms with Crippen LogP contribution in [0.2, 0.25) is 0 Å². The minimum absolute atomic E-state index is 0.0619. The molecule has 34 heavy (non-hydrogen) atoms. The number of anilines is 2. The third kappa shape index (κ3) is 8.16. The molecular formula is C27H31N3O4. The van der Waals surface area contributed by atoms with Crippen molar-refractivity contribution in [3.63, 3.8) is 0 Å². The van der Waals surface area contributed by atoms with E-state index < -0.39 is 0 Å². The number of hydrogen-bond donors (Lipinski definition) is 3. The van der Waals surface area contributed by atoms with Crippen molar-refractivity contribution in [3.05, 3.63) is 84.4 Å². The lowest BCUT2D eigenvalue weighted by Gasteiger charge is -2.13. The highest BCUT2D eigenvalue weighted by atomic mass is 16.5. The van der Waals surface area contributed by atoms with Crippen LogP contribution in [0.25, 0.3) is 0 Å². The highest BCUT2D eigenvalue weighted by molar-refractivity contribution is 5.96. The van der Waals surface area contributed by atoms with Gasteiger partial charge in [-0.15, -0.1) is 0 Å². The van der Waals surface area contributed by atoms with E-state index >= 15 is 0 Å². The molecule has 0 saturated heterocycles. The van der Waals surface area contributed by atoms with Crippen molar-refractivity contribution in [3.8, 4) is 11.5 Å². The van der Waals surface area contributed by atoms with Gasteiger partial charge >= 0.3 is 0 Å². The minimum Gasteiger partial charge on any atom is -0.490 e. The summed E-state index contributed by atoms with van der Waals surface area (Å²) in [7, 11) is 0. The fraction of sp³-hybridized carbons (Fsp3) is 0.259. The summed E-state index contributed by atoms with van der Waals surface area (Å²) in [5, 5.41) is 8.84. The second-order valence-corrected chi connectivity index (χ2v) is 7.80. The molecule has 3 aromatic rings. The fourth-order valence-corrected chi connectivity index (χ4v) is 3.07. The van der Waals surface area contributed by atoms with E-state index in [2.05, 4.69) is 16.0 Å². The molecule has 0 aliphatic rings. The van der Waals surface area contributed by atoms with E-state index in [1.54, 1.807) is 30.3 Å². The Labute approximate surface area is 200 Å². The first-order chi connectivity index (χ1) is 16.5. The van der Waals surface area contributed by atoms with Gasteiger partial charge in [-0.3, -0.25) is 9.59 Å². The number of benzene rings is 3. The molecule has 178 valence electrons. The summed E-state index contributed by atoms with van der Waals surface area (Å²) in [6.07, 6.45) is 0.859. The van der Waals surface area contributed by atoms with Gasteiger partial charge in [-0.2, -0.15) is 0 Å². The van der Waals surface area contributed by atoms with Crippen molar-refractivity contribution in [2.75, 3.05) is 30.4 Å². The van der Waals surface area contributed by atoms with Crippen molar-refractivity contribution >= 4 is 23.2 Å². The third-order valence-electron chi connectivity index (χ3n) is 5.05. The number of hydrogen-bond acceptors (Lipinski definition) is 5. The minimum atomic E-state index is -0.209. The van der Waals surface area contributed by atoms with Crippen molar-refractivity contribution in [1.29, 1.82) is 0 Å². The zero-order valence-corrected chi connectivity index (χ0v) is 19.5. The van der Waals surface area contributed by atoms with E-state index in [1.165, 1.54) is 0 Å². The van der Waals surface area contributed by atoms with Crippen LogP contribution in [0.4, 0.5) is 11.4 Å². The van der Waals surface area contributed by atoms with Crippen molar-refractivity contribution in [2.45, 2.75) is 26.3 Å². The van der Waals surface area contributed by atoms with Crippen molar-refractivity contribution < 1.29 is 19.1 Å². The first-order valence-electron chi connectivity index (χ1n) is 11.4. The zero-order valence-electron chi connectivity index (χ0n) is 19.5. The third-order valence-corrected chi connectivity index (χ3v) is 5.05. The highest BCUT2D eigenvalue weighted by Crippen LogP contribution is 2.18. The van der Waals surface area contributed by atoms with Crippen LogP contribution >= 0.6 is 0 Å². The van der Waals surface area contributed by atoms with Crippen molar-refractivity contribution in [1.82, 2.24) is 5.32 Å². The maximum atomic E-state index is 12.4. The quantitative estimate of drug-likeness (QED) is 0.340. The van der Waals surface area contributed by atoms with Crippen LogP contribution in [0.3, 0.4) is 0 Å². The van der Waals surface area contributed by atoms with Gasteiger partial charge in [-0.25, -0.2) is 0 Å². The lowest BCUT2D eigenvalue weighted by atomic mass is 10.1. The Bertz CT molecular complexity index is 1070. The second kappa shape index (κ2) is 12.9. The molecule has 0 bridgehead atoms. The topological polar surface area (TPSA) is 88.7 Å². The molecule has 0 aliphatic carbocycles. The Kier molecular flexibility index (Phi) is 9.34. The van der Waals surface area contributed by atoms with E-state index in [-0.39, 0.29) is 24.4 Å². The van der Waals surface area contributed by atoms with Gasteiger partial charge in [-0.1, -0.05) is 37.3 Å². The van der Waals surface area contributed by atoms with Gasteiger partial charge in [0.05, 0.1) is 6.54 Å². The molecule has 7 heteroatoms. The first kappa shape index (κ1) is 24.6. The molecule has 0 spiro atoms. The number of rotatable bonds is 12. The van der Waals surface area contributed by atoms with Gasteiger partial charge in [0.1, 0.15) is 24.7 Å². The number of para-hydroxylation sites is 1. The molecule has 3 rings (SSSR count). The van der Waals surface area contributed by atoms with Crippen LogP contribution in [0, 0.1) is 0 Å². The molecule has 0 aliphatic heterocycles. The molecule has 2 amide bonds. The number of carbonyl (C=O) groups is 2. The van der Waals surface area contributed by atoms with Gasteiger partial charge in [0.15, 0.2) is 0 Å². The summed E-state index contributed by atoms with van der Waals surface area (Å²) in [5.41, 5.74) is 1.88. The van der Waals surface area contributed by atoms with Crippen LogP contribution in [0.15, 0.2) is 78.9 Å². The first-order valence-corrected chi connectivity index (χ1v) is 11.4. The molecule has 0 heterocycles. The monoisotopic (exact) mass is 461 g/mol. The maximum Gasteiger partial charge on any atom is 0.251 e. The normalized spacial score (nSPS) is 11.2. The zero-order chi connectivity index (χ0) is 24.2. The molecular weight excluding hydrogens is 430 g/mol. The van der Waals surface area contributed by atoms with E-state index in [9.17, 15) is 9.59 Å². The van der Waals surface area contributed by atoms with E-state index in [0.29, 0.717) is 35.9 Å². The predicted octanol–water partition coefficient (Wildman–Crippen LogP) is 4.72. The molecule has 0 radical (unpaired) electrons. The SMILES string of the molecule is CCC(C)NC(=O)c1cccc(NCC(=O)Nc2cccc(OCCOc3ccccc3)c2)c1. The summed E-state index contributed by atoms with van der Waals surface area (Å²) in [6, 6.07) is 23.9. The van der Waals surface area contributed by atoms with Gasteiger partial charge in [0, 0.05) is 29.0 Å². The fourth-order valence-electron chi connectivity index (χ4n) is 3.07. The summed E-state index contributed by atoms with van der Waals surface area (Å²) < 4.78 is 11.3. The second-order valence-electron chi connectivity index (χ2n) is 7.80. The lowest BCUT2D eigenvalue weighted by molar-refractivity contribution is -0.114. The summed E-state index contributed by atoms with van der Waals surface area (Å²) in [6.45, 7) is 4.84. The van der Waals surface area contributed by atoms with Crippen molar-refractivity contribution in [2.24, 2.45) is 0 Å². The molecule has 0 fully saturated rings. The van der Waals surface area contributed by atoms with Crippen LogP contribution in [-0.4, -0.2) is 37.6 Å². The summed E-state index contributed by atoms with van der Waals surface area (Å²) >= 11 is 0. The standard InChI is InChI=1S/C27H31N3O4/c1-3-20(2)29-27(32)21-9-7-10-22(17-21)28-19-26(31)30-23-11-8-14-25(18-23)34-16-15-33-24-12-5-4-6-13-24/h4-14,17-18,20,28H,3,15-16,19H2,1-2H3,(H,29,32)(H,30,31). The Morgan fingerprint density at radius 2 is 1.50 bits per heavy atom. The number of ether oxygens (including phenoxy) is 2. The molecule has 3 N–H and O–H groups in total. The number of nitrogens with one attached hydrogen (secondary N) is 3.